The van der Waals surface area contributed by atoms with Gasteiger partial charge < -0.3 is 15.0 Å². The second-order valence-corrected chi connectivity index (χ2v) is 8.35. The molecule has 1 N–H and O–H groups in total. The number of nitrogens with one attached hydrogen (secondary N) is 1. The maximum atomic E-state index is 12.9. The lowest BCUT2D eigenvalue weighted by Crippen LogP contribution is -2.48. The van der Waals surface area contributed by atoms with Gasteiger partial charge in [-0.25, -0.2) is 0 Å². The Morgan fingerprint density at radius 3 is 2.59 bits per heavy atom. The van der Waals surface area contributed by atoms with Crippen molar-refractivity contribution in [3.63, 3.8) is 0 Å². The third kappa shape index (κ3) is 6.33. The third-order valence-corrected chi connectivity index (χ3v) is 6.13. The quantitative estimate of drug-likeness (QED) is 0.636. The standard InChI is InChI=1S/C26H35N3O3/c1-4-28(5-2)26(31)22-12-9-13-23(17-22)27-25(30)20(3)29-16-10-11-21(18-29)19-32-24-14-7-6-8-15-24/h6-9,12-15,17,20-21H,4-5,10-11,16,18-19H2,1-3H3,(H,27,30). The van der Waals surface area contributed by atoms with E-state index in [1.165, 1.54) is 0 Å². The van der Waals surface area contributed by atoms with Gasteiger partial charge in [0.15, 0.2) is 0 Å². The molecule has 2 atom stereocenters. The molecule has 0 radical (unpaired) electrons. The fourth-order valence-electron chi connectivity index (χ4n) is 4.15. The highest BCUT2D eigenvalue weighted by Crippen LogP contribution is 2.21. The van der Waals surface area contributed by atoms with Crippen LogP contribution < -0.4 is 10.1 Å². The molecule has 0 aliphatic carbocycles. The van der Waals surface area contributed by atoms with Crippen LogP contribution in [0.1, 0.15) is 44.0 Å². The summed E-state index contributed by atoms with van der Waals surface area (Å²) in [6.45, 7) is 9.58. The minimum Gasteiger partial charge on any atom is -0.493 e. The van der Waals surface area contributed by atoms with Crippen molar-refractivity contribution in [1.29, 1.82) is 0 Å². The predicted molar refractivity (Wildman–Crippen MR) is 128 cm³/mol. The first-order chi connectivity index (χ1) is 15.5. The normalized spacial score (nSPS) is 17.4. The van der Waals surface area contributed by atoms with E-state index in [1.807, 2.05) is 63.2 Å². The summed E-state index contributed by atoms with van der Waals surface area (Å²) in [7, 11) is 0. The number of para-hydroxylation sites is 1. The summed E-state index contributed by atoms with van der Waals surface area (Å²) in [5.74, 6) is 1.21. The largest absolute Gasteiger partial charge is 0.493 e. The molecule has 1 aliphatic rings. The number of carbonyl (C=O) groups is 2. The van der Waals surface area contributed by atoms with E-state index in [0.29, 0.717) is 36.9 Å². The van der Waals surface area contributed by atoms with Crippen LogP contribution in [0.4, 0.5) is 5.69 Å². The van der Waals surface area contributed by atoms with Crippen molar-refractivity contribution in [2.75, 3.05) is 38.1 Å². The van der Waals surface area contributed by atoms with Crippen molar-refractivity contribution in [1.82, 2.24) is 9.80 Å². The minimum absolute atomic E-state index is 0.0172. The summed E-state index contributed by atoms with van der Waals surface area (Å²) in [6.07, 6.45) is 2.15. The number of carbonyl (C=O) groups excluding carboxylic acids is 2. The first-order valence-electron chi connectivity index (χ1n) is 11.6. The summed E-state index contributed by atoms with van der Waals surface area (Å²) in [5.41, 5.74) is 1.25. The molecular weight excluding hydrogens is 402 g/mol. The van der Waals surface area contributed by atoms with Crippen LogP contribution in [0.15, 0.2) is 54.6 Å². The van der Waals surface area contributed by atoms with E-state index in [9.17, 15) is 9.59 Å². The lowest BCUT2D eigenvalue weighted by atomic mass is 9.97. The zero-order valence-corrected chi connectivity index (χ0v) is 19.4. The molecule has 0 aromatic heterocycles. The van der Waals surface area contributed by atoms with Gasteiger partial charge in [-0.15, -0.1) is 0 Å². The Hall–Kier alpha value is -2.86. The van der Waals surface area contributed by atoms with Crippen molar-refractivity contribution in [3.8, 4) is 5.75 Å². The monoisotopic (exact) mass is 437 g/mol. The summed E-state index contributed by atoms with van der Waals surface area (Å²) in [6, 6.07) is 16.8. The molecule has 2 unspecified atom stereocenters. The van der Waals surface area contributed by atoms with E-state index in [4.69, 9.17) is 4.74 Å². The molecule has 0 saturated carbocycles. The molecule has 1 heterocycles. The highest BCUT2D eigenvalue weighted by atomic mass is 16.5. The molecule has 2 aromatic rings. The number of piperidine rings is 1. The summed E-state index contributed by atoms with van der Waals surface area (Å²) in [5, 5.41) is 3.00. The molecule has 0 bridgehead atoms. The SMILES string of the molecule is CCN(CC)C(=O)c1cccc(NC(=O)C(C)N2CCCC(COc3ccccc3)C2)c1. The van der Waals surface area contributed by atoms with Gasteiger partial charge in [-0.3, -0.25) is 14.5 Å². The first-order valence-corrected chi connectivity index (χ1v) is 11.6. The Morgan fingerprint density at radius 1 is 1.12 bits per heavy atom. The molecule has 1 saturated heterocycles. The third-order valence-electron chi connectivity index (χ3n) is 6.13. The lowest BCUT2D eigenvalue weighted by Gasteiger charge is -2.36. The van der Waals surface area contributed by atoms with E-state index in [2.05, 4.69) is 10.2 Å². The molecule has 1 fully saturated rings. The van der Waals surface area contributed by atoms with E-state index in [1.54, 1.807) is 17.0 Å². The summed E-state index contributed by atoms with van der Waals surface area (Å²) >= 11 is 0. The molecule has 6 heteroatoms. The van der Waals surface area contributed by atoms with Gasteiger partial charge >= 0.3 is 0 Å². The number of hydrogen-bond acceptors (Lipinski definition) is 4. The van der Waals surface area contributed by atoms with Crippen LogP contribution in [0.3, 0.4) is 0 Å². The molecule has 3 rings (SSSR count). The molecule has 172 valence electrons. The van der Waals surface area contributed by atoms with Gasteiger partial charge in [0.25, 0.3) is 5.91 Å². The highest BCUT2D eigenvalue weighted by Gasteiger charge is 2.28. The topological polar surface area (TPSA) is 61.9 Å². The van der Waals surface area contributed by atoms with Gasteiger partial charge in [-0.05, 0) is 70.5 Å². The number of rotatable bonds is 9. The van der Waals surface area contributed by atoms with Crippen LogP contribution in [0.2, 0.25) is 0 Å². The van der Waals surface area contributed by atoms with Crippen molar-refractivity contribution in [2.45, 2.75) is 39.7 Å². The molecule has 32 heavy (non-hydrogen) atoms. The highest BCUT2D eigenvalue weighted by molar-refractivity contribution is 5.98. The molecule has 0 spiro atoms. The summed E-state index contributed by atoms with van der Waals surface area (Å²) in [4.78, 5) is 29.6. The molecule has 6 nitrogen and oxygen atoms in total. The Morgan fingerprint density at radius 2 is 1.88 bits per heavy atom. The van der Waals surface area contributed by atoms with E-state index in [-0.39, 0.29) is 17.9 Å². The molecule has 2 amide bonds. The van der Waals surface area contributed by atoms with Crippen molar-refractivity contribution >= 4 is 17.5 Å². The van der Waals surface area contributed by atoms with E-state index < -0.39 is 0 Å². The fourth-order valence-corrected chi connectivity index (χ4v) is 4.15. The van der Waals surface area contributed by atoms with Gasteiger partial charge in [-0.2, -0.15) is 0 Å². The predicted octanol–water partition coefficient (Wildman–Crippen LogP) is 4.29. The van der Waals surface area contributed by atoms with Crippen LogP contribution in [-0.2, 0) is 4.79 Å². The van der Waals surface area contributed by atoms with Crippen molar-refractivity contribution in [3.05, 3.63) is 60.2 Å². The number of likely N-dealkylation sites (tertiary alicyclic amines) is 1. The second-order valence-electron chi connectivity index (χ2n) is 8.35. The minimum atomic E-state index is -0.253. The summed E-state index contributed by atoms with van der Waals surface area (Å²) < 4.78 is 5.94. The first kappa shape index (κ1) is 23.8. The zero-order chi connectivity index (χ0) is 22.9. The van der Waals surface area contributed by atoms with Gasteiger partial charge in [-0.1, -0.05) is 24.3 Å². The van der Waals surface area contributed by atoms with Gasteiger partial charge in [0.05, 0.1) is 12.6 Å². The van der Waals surface area contributed by atoms with Gasteiger partial charge in [0, 0.05) is 36.8 Å². The maximum absolute atomic E-state index is 12.9. The second kappa shape index (κ2) is 11.7. The Balaban J connectivity index is 1.56. The number of anilines is 1. The van der Waals surface area contributed by atoms with Crippen LogP contribution in [0.5, 0.6) is 5.75 Å². The smallest absolute Gasteiger partial charge is 0.253 e. The van der Waals surface area contributed by atoms with Crippen LogP contribution in [0.25, 0.3) is 0 Å². The van der Waals surface area contributed by atoms with Gasteiger partial charge in [0.1, 0.15) is 5.75 Å². The van der Waals surface area contributed by atoms with Crippen molar-refractivity contribution < 1.29 is 14.3 Å². The maximum Gasteiger partial charge on any atom is 0.253 e. The van der Waals surface area contributed by atoms with E-state index in [0.717, 1.165) is 31.7 Å². The number of benzene rings is 2. The Labute approximate surface area is 191 Å². The number of hydrogen-bond donors (Lipinski definition) is 1. The Kier molecular flexibility index (Phi) is 8.68. The fraction of sp³-hybridized carbons (Fsp3) is 0.462. The molecular formula is C26H35N3O3. The molecule has 1 aliphatic heterocycles. The Bertz CT molecular complexity index is 883. The van der Waals surface area contributed by atoms with Crippen molar-refractivity contribution in [2.24, 2.45) is 5.92 Å². The number of amides is 2. The number of ether oxygens (including phenoxy) is 1. The zero-order valence-electron chi connectivity index (χ0n) is 19.4. The number of nitrogens with zero attached hydrogens (tertiary/aromatic N) is 2. The van der Waals surface area contributed by atoms with Crippen LogP contribution in [-0.4, -0.2) is 60.4 Å². The lowest BCUT2D eigenvalue weighted by molar-refractivity contribution is -0.121. The van der Waals surface area contributed by atoms with Crippen LogP contribution in [0, 0.1) is 5.92 Å². The average Bonchev–Trinajstić information content (AvgIpc) is 2.84. The van der Waals surface area contributed by atoms with Gasteiger partial charge in [0.2, 0.25) is 5.91 Å². The van der Waals surface area contributed by atoms with E-state index >= 15 is 0 Å². The van der Waals surface area contributed by atoms with Crippen LogP contribution >= 0.6 is 0 Å². The molecule has 2 aromatic carbocycles. The average molecular weight is 438 g/mol.